The molecule has 2 fully saturated rings. The maximum absolute atomic E-state index is 6.21. The highest BCUT2D eigenvalue weighted by molar-refractivity contribution is 7.15. The molecule has 2 aromatic rings. The first kappa shape index (κ1) is 15.9. The summed E-state index contributed by atoms with van der Waals surface area (Å²) in [6, 6.07) is 5.90. The third-order valence-electron chi connectivity index (χ3n) is 4.69. The van der Waals surface area contributed by atoms with Crippen LogP contribution < -0.4 is 4.90 Å². The Morgan fingerprint density at radius 1 is 1.42 bits per heavy atom. The van der Waals surface area contributed by atoms with E-state index in [0.717, 1.165) is 48.2 Å². The first-order valence-electron chi connectivity index (χ1n) is 8.43. The number of aromatic nitrogens is 3. The molecule has 0 aromatic carbocycles. The van der Waals surface area contributed by atoms with E-state index >= 15 is 0 Å². The number of hydrogen-bond donors (Lipinski definition) is 0. The quantitative estimate of drug-likeness (QED) is 0.848. The van der Waals surface area contributed by atoms with Crippen molar-refractivity contribution in [2.24, 2.45) is 0 Å². The van der Waals surface area contributed by atoms with E-state index in [0.29, 0.717) is 13.2 Å². The van der Waals surface area contributed by atoms with Crippen molar-refractivity contribution in [1.82, 2.24) is 15.2 Å². The Morgan fingerprint density at radius 2 is 2.38 bits per heavy atom. The molecule has 4 heterocycles. The summed E-state index contributed by atoms with van der Waals surface area (Å²) in [7, 11) is 0. The van der Waals surface area contributed by atoms with E-state index in [2.05, 4.69) is 20.1 Å². The summed E-state index contributed by atoms with van der Waals surface area (Å²) >= 11 is 1.65. The average Bonchev–Trinajstić information content (AvgIpc) is 3.21. The van der Waals surface area contributed by atoms with Gasteiger partial charge in [-0.2, -0.15) is 0 Å². The van der Waals surface area contributed by atoms with Crippen molar-refractivity contribution < 1.29 is 9.47 Å². The third kappa shape index (κ3) is 3.43. The van der Waals surface area contributed by atoms with Gasteiger partial charge in [0.05, 0.1) is 30.6 Å². The van der Waals surface area contributed by atoms with Crippen LogP contribution in [0.4, 0.5) is 5.13 Å². The fourth-order valence-corrected chi connectivity index (χ4v) is 4.27. The van der Waals surface area contributed by atoms with Gasteiger partial charge in [0, 0.05) is 25.7 Å². The Bertz CT molecular complexity index is 680. The minimum Gasteiger partial charge on any atom is -0.370 e. The molecule has 2 aromatic heterocycles. The number of piperidine rings is 1. The van der Waals surface area contributed by atoms with Crippen molar-refractivity contribution >= 4 is 16.5 Å². The molecule has 0 amide bonds. The van der Waals surface area contributed by atoms with Crippen molar-refractivity contribution in [3.63, 3.8) is 0 Å². The Kier molecular flexibility index (Phi) is 4.47. The highest BCUT2D eigenvalue weighted by Gasteiger charge is 2.44. The number of anilines is 1. The largest absolute Gasteiger partial charge is 0.370 e. The molecule has 2 aliphatic heterocycles. The Balaban J connectivity index is 1.36. The van der Waals surface area contributed by atoms with Crippen LogP contribution in [0.5, 0.6) is 0 Å². The van der Waals surface area contributed by atoms with E-state index in [1.807, 2.05) is 25.1 Å². The lowest BCUT2D eigenvalue weighted by atomic mass is 9.89. The van der Waals surface area contributed by atoms with Gasteiger partial charge in [-0.1, -0.05) is 17.4 Å². The van der Waals surface area contributed by atoms with Gasteiger partial charge in [0.2, 0.25) is 5.13 Å². The molecule has 128 valence electrons. The summed E-state index contributed by atoms with van der Waals surface area (Å²) in [6.45, 7) is 5.11. The Labute approximate surface area is 145 Å². The summed E-state index contributed by atoms with van der Waals surface area (Å²) in [5, 5.41) is 10.4. The van der Waals surface area contributed by atoms with Crippen LogP contribution in [0.25, 0.3) is 0 Å². The van der Waals surface area contributed by atoms with Crippen LogP contribution in [0.2, 0.25) is 0 Å². The maximum Gasteiger partial charge on any atom is 0.208 e. The molecule has 7 heteroatoms. The SMILES string of the molecule is Cc1nnc(N2CCC[C@]3(C[C@@H](OCc4ccccn4)CO3)C2)s1. The fourth-order valence-electron chi connectivity index (χ4n) is 3.56. The minimum absolute atomic E-state index is 0.105. The third-order valence-corrected chi connectivity index (χ3v) is 5.59. The molecule has 0 aliphatic carbocycles. The highest BCUT2D eigenvalue weighted by atomic mass is 32.1. The number of nitrogens with zero attached hydrogens (tertiary/aromatic N) is 4. The van der Waals surface area contributed by atoms with Crippen LogP contribution >= 0.6 is 11.3 Å². The molecule has 0 radical (unpaired) electrons. The average molecular weight is 346 g/mol. The molecule has 24 heavy (non-hydrogen) atoms. The van der Waals surface area contributed by atoms with Crippen LogP contribution in [0.3, 0.4) is 0 Å². The maximum atomic E-state index is 6.21. The van der Waals surface area contributed by atoms with Gasteiger partial charge >= 0.3 is 0 Å². The van der Waals surface area contributed by atoms with Crippen molar-refractivity contribution in [2.75, 3.05) is 24.6 Å². The molecule has 4 rings (SSSR count). The van der Waals surface area contributed by atoms with Gasteiger partial charge in [0.15, 0.2) is 0 Å². The summed E-state index contributed by atoms with van der Waals surface area (Å²) in [5.41, 5.74) is 0.861. The van der Waals surface area contributed by atoms with E-state index in [4.69, 9.17) is 9.47 Å². The van der Waals surface area contributed by atoms with Gasteiger partial charge in [-0.3, -0.25) is 4.98 Å². The molecule has 0 bridgehead atoms. The van der Waals surface area contributed by atoms with E-state index in [1.165, 1.54) is 0 Å². The van der Waals surface area contributed by atoms with Crippen molar-refractivity contribution in [3.8, 4) is 0 Å². The highest BCUT2D eigenvalue weighted by Crippen LogP contribution is 2.38. The lowest BCUT2D eigenvalue weighted by Gasteiger charge is -2.39. The van der Waals surface area contributed by atoms with Crippen molar-refractivity contribution in [3.05, 3.63) is 35.1 Å². The molecular weight excluding hydrogens is 324 g/mol. The lowest BCUT2D eigenvalue weighted by Crippen LogP contribution is -2.48. The fraction of sp³-hybridized carbons (Fsp3) is 0.588. The zero-order valence-electron chi connectivity index (χ0n) is 13.9. The topological polar surface area (TPSA) is 60.4 Å². The number of rotatable bonds is 4. The molecule has 0 N–H and O–H groups in total. The Morgan fingerprint density at radius 3 is 3.17 bits per heavy atom. The molecule has 2 atom stereocenters. The van der Waals surface area contributed by atoms with Crippen LogP contribution in [0.15, 0.2) is 24.4 Å². The van der Waals surface area contributed by atoms with Crippen molar-refractivity contribution in [2.45, 2.75) is 44.5 Å². The molecule has 0 unspecified atom stereocenters. The van der Waals surface area contributed by atoms with Gasteiger partial charge in [-0.25, -0.2) is 0 Å². The van der Waals surface area contributed by atoms with E-state index in [9.17, 15) is 0 Å². The molecule has 6 nitrogen and oxygen atoms in total. The van der Waals surface area contributed by atoms with Gasteiger partial charge < -0.3 is 14.4 Å². The monoisotopic (exact) mass is 346 g/mol. The standard InChI is InChI=1S/C17H22N4O2S/c1-13-19-20-16(24-13)21-8-4-6-17(12-21)9-15(11-23-17)22-10-14-5-2-3-7-18-14/h2-3,5,7,15H,4,6,8-12H2,1H3/t15-,17+/m1/s1. The van der Waals surface area contributed by atoms with Crippen LogP contribution in [0, 0.1) is 6.92 Å². The number of ether oxygens (including phenoxy) is 2. The molecular formula is C17H22N4O2S. The summed E-state index contributed by atoms with van der Waals surface area (Å²) < 4.78 is 12.2. The van der Waals surface area contributed by atoms with Gasteiger partial charge in [-0.05, 0) is 31.9 Å². The van der Waals surface area contributed by atoms with Gasteiger partial charge in [0.25, 0.3) is 0 Å². The predicted octanol–water partition coefficient (Wildman–Crippen LogP) is 2.59. The van der Waals surface area contributed by atoms with Crippen LogP contribution in [-0.2, 0) is 16.1 Å². The first-order chi connectivity index (χ1) is 11.7. The van der Waals surface area contributed by atoms with Gasteiger partial charge in [-0.15, -0.1) is 10.2 Å². The Hall–Kier alpha value is -1.57. The molecule has 2 aliphatic rings. The normalized spacial score (nSPS) is 27.0. The van der Waals surface area contributed by atoms with Crippen molar-refractivity contribution in [1.29, 1.82) is 0 Å². The molecule has 1 spiro atoms. The second-order valence-corrected chi connectivity index (χ2v) is 7.74. The number of pyridine rings is 1. The smallest absolute Gasteiger partial charge is 0.208 e. The summed E-state index contributed by atoms with van der Waals surface area (Å²) in [6.07, 6.45) is 5.09. The van der Waals surface area contributed by atoms with Crippen LogP contribution in [0.1, 0.15) is 30.0 Å². The van der Waals surface area contributed by atoms with E-state index in [1.54, 1.807) is 17.5 Å². The molecule has 2 saturated heterocycles. The van der Waals surface area contributed by atoms with Crippen LogP contribution in [-0.4, -0.2) is 46.6 Å². The van der Waals surface area contributed by atoms with E-state index < -0.39 is 0 Å². The zero-order valence-corrected chi connectivity index (χ0v) is 14.7. The van der Waals surface area contributed by atoms with E-state index in [-0.39, 0.29) is 11.7 Å². The first-order valence-corrected chi connectivity index (χ1v) is 9.25. The number of aryl methyl sites for hydroxylation is 1. The summed E-state index contributed by atoms with van der Waals surface area (Å²) in [5.74, 6) is 0. The minimum atomic E-state index is -0.105. The van der Waals surface area contributed by atoms with Gasteiger partial charge in [0.1, 0.15) is 5.01 Å². The second-order valence-electron chi connectivity index (χ2n) is 6.58. The molecule has 0 saturated carbocycles. The predicted molar refractivity (Wildman–Crippen MR) is 92.2 cm³/mol. The summed E-state index contributed by atoms with van der Waals surface area (Å²) in [4.78, 5) is 6.62. The number of hydrogen-bond acceptors (Lipinski definition) is 7. The zero-order chi connectivity index (χ0) is 16.4. The second kappa shape index (κ2) is 6.74. The lowest BCUT2D eigenvalue weighted by molar-refractivity contribution is -0.0138.